The first-order valence-electron chi connectivity index (χ1n) is 6.24. The molecule has 0 aliphatic rings. The lowest BCUT2D eigenvalue weighted by Gasteiger charge is -2.01. The molecule has 0 spiro atoms. The van der Waals surface area contributed by atoms with E-state index in [9.17, 15) is 9.59 Å². The van der Waals surface area contributed by atoms with Crippen molar-refractivity contribution in [1.29, 1.82) is 0 Å². The molecule has 110 valence electrons. The smallest absolute Gasteiger partial charge is 0.372 e. The van der Waals surface area contributed by atoms with E-state index in [-0.39, 0.29) is 5.97 Å². The Morgan fingerprint density at radius 2 is 1.53 bits per heavy atom. The maximum atomic E-state index is 10.7. The van der Waals surface area contributed by atoms with Crippen LogP contribution in [-0.4, -0.2) is 30.3 Å². The summed E-state index contributed by atoms with van der Waals surface area (Å²) in [4.78, 5) is 21.0. The molecule has 0 aliphatic heterocycles. The van der Waals surface area contributed by atoms with Gasteiger partial charge >= 0.3 is 11.9 Å². The molecule has 0 fully saturated rings. The van der Waals surface area contributed by atoms with Gasteiger partial charge in [0.05, 0.1) is 13.2 Å². The summed E-state index contributed by atoms with van der Waals surface area (Å²) in [6.07, 6.45) is 2.72. The van der Waals surface area contributed by atoms with Gasteiger partial charge < -0.3 is 14.6 Å². The predicted molar refractivity (Wildman–Crippen MR) is 73.7 cm³/mol. The molecule has 1 N–H and O–H groups in total. The van der Waals surface area contributed by atoms with Crippen molar-refractivity contribution in [2.45, 2.75) is 40.0 Å². The molecule has 0 rings (SSSR count). The summed E-state index contributed by atoms with van der Waals surface area (Å²) in [5, 5.41) is 8.38. The summed E-state index contributed by atoms with van der Waals surface area (Å²) in [5.41, 5.74) is 0.469. The number of esters is 2. The van der Waals surface area contributed by atoms with Crippen LogP contribution >= 0.6 is 0 Å². The molecule has 0 saturated heterocycles. The standard InChI is InChI=1S/C8H14O2.C6H10O3/c1-4-5-6-10-8(9)7(2)3;1-3-4-9-6(8)5(2)7/h2,4-6H2,1,3H3;7H,2-4H2,1H3. The van der Waals surface area contributed by atoms with Crippen LogP contribution in [0.2, 0.25) is 0 Å². The average molecular weight is 272 g/mol. The third kappa shape index (κ3) is 14.2. The molecule has 0 aromatic rings. The van der Waals surface area contributed by atoms with E-state index in [1.807, 2.05) is 6.92 Å². The number of ether oxygens (including phenoxy) is 2. The minimum absolute atomic E-state index is 0.284. The van der Waals surface area contributed by atoms with E-state index < -0.39 is 11.7 Å². The van der Waals surface area contributed by atoms with E-state index in [1.54, 1.807) is 6.92 Å². The molecule has 0 aromatic carbocycles. The first kappa shape index (κ1) is 19.6. The summed E-state index contributed by atoms with van der Waals surface area (Å²) in [6.45, 7) is 12.9. The van der Waals surface area contributed by atoms with Gasteiger partial charge in [-0.05, 0) is 26.3 Å². The topological polar surface area (TPSA) is 72.8 Å². The number of unbranched alkanes of at least 4 members (excludes halogenated alkanes) is 1. The number of hydrogen-bond acceptors (Lipinski definition) is 5. The molecule has 5 nitrogen and oxygen atoms in total. The van der Waals surface area contributed by atoms with Gasteiger partial charge in [0.25, 0.3) is 0 Å². The van der Waals surface area contributed by atoms with Gasteiger partial charge in [0.15, 0.2) is 5.76 Å². The van der Waals surface area contributed by atoms with Crippen LogP contribution in [0.3, 0.4) is 0 Å². The van der Waals surface area contributed by atoms with Crippen LogP contribution in [0.25, 0.3) is 0 Å². The number of aliphatic hydroxyl groups is 1. The third-order valence-corrected chi connectivity index (χ3v) is 1.75. The van der Waals surface area contributed by atoms with Crippen molar-refractivity contribution in [3.05, 3.63) is 24.5 Å². The Hall–Kier alpha value is -1.78. The average Bonchev–Trinajstić information content (AvgIpc) is 2.36. The van der Waals surface area contributed by atoms with Crippen LogP contribution in [0.4, 0.5) is 0 Å². The second-order valence-electron chi connectivity index (χ2n) is 3.85. The van der Waals surface area contributed by atoms with Crippen molar-refractivity contribution < 1.29 is 24.2 Å². The summed E-state index contributed by atoms with van der Waals surface area (Å²) >= 11 is 0. The molecule has 0 amide bonds. The van der Waals surface area contributed by atoms with Crippen LogP contribution in [-0.2, 0) is 19.1 Å². The highest BCUT2D eigenvalue weighted by Crippen LogP contribution is 1.94. The Labute approximate surface area is 114 Å². The number of carbonyl (C=O) groups is 2. The van der Waals surface area contributed by atoms with Gasteiger partial charge in [-0.25, -0.2) is 9.59 Å². The zero-order valence-electron chi connectivity index (χ0n) is 12.0. The van der Waals surface area contributed by atoms with Crippen LogP contribution in [0.1, 0.15) is 40.0 Å². The summed E-state index contributed by atoms with van der Waals surface area (Å²) in [5.74, 6) is -1.56. The minimum atomic E-state index is -0.739. The van der Waals surface area contributed by atoms with Gasteiger partial charge in [-0.3, -0.25) is 0 Å². The third-order valence-electron chi connectivity index (χ3n) is 1.75. The largest absolute Gasteiger partial charge is 0.502 e. The van der Waals surface area contributed by atoms with E-state index in [0.717, 1.165) is 19.3 Å². The molecule has 0 unspecified atom stereocenters. The van der Waals surface area contributed by atoms with Gasteiger partial charge in [0.1, 0.15) is 0 Å². The summed E-state index contributed by atoms with van der Waals surface area (Å²) in [6, 6.07) is 0. The minimum Gasteiger partial charge on any atom is -0.502 e. The van der Waals surface area contributed by atoms with E-state index in [1.165, 1.54) is 0 Å². The molecule has 0 radical (unpaired) electrons. The van der Waals surface area contributed by atoms with Crippen LogP contribution < -0.4 is 0 Å². The van der Waals surface area contributed by atoms with Gasteiger partial charge in [-0.2, -0.15) is 0 Å². The lowest BCUT2D eigenvalue weighted by Crippen LogP contribution is -2.06. The van der Waals surface area contributed by atoms with Crippen molar-refractivity contribution in [2.75, 3.05) is 13.2 Å². The Balaban J connectivity index is 0. The predicted octanol–water partition coefficient (Wildman–Crippen LogP) is 2.92. The Kier molecular flexibility index (Phi) is 13.0. The van der Waals surface area contributed by atoms with Crippen molar-refractivity contribution in [3.8, 4) is 0 Å². The van der Waals surface area contributed by atoms with Crippen molar-refractivity contribution in [2.24, 2.45) is 0 Å². The first-order valence-corrected chi connectivity index (χ1v) is 6.24. The fourth-order valence-corrected chi connectivity index (χ4v) is 0.710. The normalized spacial score (nSPS) is 8.79. The van der Waals surface area contributed by atoms with Gasteiger partial charge in [0.2, 0.25) is 0 Å². The Bertz CT molecular complexity index is 307. The molecule has 19 heavy (non-hydrogen) atoms. The maximum absolute atomic E-state index is 10.7. The van der Waals surface area contributed by atoms with Crippen LogP contribution in [0, 0.1) is 0 Å². The van der Waals surface area contributed by atoms with Gasteiger partial charge in [-0.15, -0.1) is 0 Å². The van der Waals surface area contributed by atoms with Crippen molar-refractivity contribution >= 4 is 11.9 Å². The van der Waals surface area contributed by atoms with Crippen LogP contribution in [0.5, 0.6) is 0 Å². The highest BCUT2D eigenvalue weighted by Gasteiger charge is 2.03. The molecule has 0 heterocycles. The number of aliphatic hydroxyl groups excluding tert-OH is 1. The zero-order chi connectivity index (χ0) is 15.3. The quantitative estimate of drug-likeness (QED) is 0.334. The van der Waals surface area contributed by atoms with E-state index >= 15 is 0 Å². The number of rotatable bonds is 7. The van der Waals surface area contributed by atoms with Gasteiger partial charge in [0, 0.05) is 5.57 Å². The van der Waals surface area contributed by atoms with E-state index in [2.05, 4.69) is 24.8 Å². The second-order valence-corrected chi connectivity index (χ2v) is 3.85. The van der Waals surface area contributed by atoms with E-state index in [0.29, 0.717) is 18.8 Å². The molecular weight excluding hydrogens is 248 g/mol. The van der Waals surface area contributed by atoms with Crippen molar-refractivity contribution in [1.82, 2.24) is 0 Å². The maximum Gasteiger partial charge on any atom is 0.372 e. The Morgan fingerprint density at radius 3 is 1.89 bits per heavy atom. The van der Waals surface area contributed by atoms with E-state index in [4.69, 9.17) is 9.84 Å². The highest BCUT2D eigenvalue weighted by atomic mass is 16.5. The summed E-state index contributed by atoms with van der Waals surface area (Å²) < 4.78 is 9.27. The zero-order valence-corrected chi connectivity index (χ0v) is 12.0. The molecule has 0 bridgehead atoms. The number of hydrogen-bond donors (Lipinski definition) is 1. The fraction of sp³-hybridized carbons (Fsp3) is 0.571. The van der Waals surface area contributed by atoms with Gasteiger partial charge in [-0.1, -0.05) is 26.8 Å². The molecule has 0 aromatic heterocycles. The molecule has 0 saturated carbocycles. The Morgan fingerprint density at radius 1 is 1.00 bits per heavy atom. The fourth-order valence-electron chi connectivity index (χ4n) is 0.710. The molecule has 5 heteroatoms. The highest BCUT2D eigenvalue weighted by molar-refractivity contribution is 5.86. The first-order chi connectivity index (χ1) is 8.86. The van der Waals surface area contributed by atoms with Crippen LogP contribution in [0.15, 0.2) is 24.5 Å². The SMILES string of the molecule is C=C(C)C(=O)OCCCC.C=C(O)C(=O)OCCC. The molecular formula is C14H24O5. The lowest BCUT2D eigenvalue weighted by molar-refractivity contribution is -0.142. The lowest BCUT2D eigenvalue weighted by atomic mass is 10.3. The summed E-state index contributed by atoms with van der Waals surface area (Å²) in [7, 11) is 0. The monoisotopic (exact) mass is 272 g/mol. The molecule has 0 aliphatic carbocycles. The molecule has 0 atom stereocenters. The second kappa shape index (κ2) is 12.7. The van der Waals surface area contributed by atoms with Crippen molar-refractivity contribution in [3.63, 3.8) is 0 Å². The number of carbonyl (C=O) groups excluding carboxylic acids is 2.